The smallest absolute Gasteiger partial charge is 0.0561 e. The Hall–Kier alpha value is -4.60. The highest BCUT2D eigenvalue weighted by Gasteiger charge is 2.20. The van der Waals surface area contributed by atoms with Crippen LogP contribution in [0.1, 0.15) is 0 Å². The summed E-state index contributed by atoms with van der Waals surface area (Å²) in [5.74, 6) is 0. The van der Waals surface area contributed by atoms with Crippen molar-refractivity contribution in [3.8, 4) is 16.8 Å². The maximum Gasteiger partial charge on any atom is 0.0561 e. The molecule has 0 N–H and O–H groups in total. The maximum atomic E-state index is 3.79. The highest BCUT2D eigenvalue weighted by molar-refractivity contribution is 9.10. The van der Waals surface area contributed by atoms with E-state index in [1.165, 1.54) is 21.8 Å². The quantitative estimate of drug-likeness (QED) is 0.202. The van der Waals surface area contributed by atoms with Crippen molar-refractivity contribution in [3.63, 3.8) is 0 Å². The van der Waals surface area contributed by atoms with Crippen LogP contribution >= 0.6 is 15.9 Å². The zero-order valence-corrected chi connectivity index (χ0v) is 22.8. The summed E-state index contributed by atoms with van der Waals surface area (Å²) in [6.45, 7) is 0. The molecule has 2 nitrogen and oxygen atoms in total. The van der Waals surface area contributed by atoms with Gasteiger partial charge < -0.3 is 9.47 Å². The molecule has 1 heterocycles. The normalized spacial score (nSPS) is 11.2. The topological polar surface area (TPSA) is 8.17 Å². The standard InChI is InChI=1S/C36H25BrN2/c37-33-20-10-7-17-29(33)30-18-8-11-21-34(30)38(26-13-3-1-4-14-26)28-23-24-32-31-19-9-12-22-35(31)39(36(32)25-28)27-15-5-2-6-16-27/h1-25H. The Morgan fingerprint density at radius 2 is 1.08 bits per heavy atom. The maximum absolute atomic E-state index is 3.79. The Morgan fingerprint density at radius 1 is 0.462 bits per heavy atom. The van der Waals surface area contributed by atoms with Crippen molar-refractivity contribution in [2.45, 2.75) is 0 Å². The number of halogens is 1. The third-order valence-corrected chi connectivity index (χ3v) is 7.94. The van der Waals surface area contributed by atoms with Gasteiger partial charge in [-0.05, 0) is 60.2 Å². The fourth-order valence-corrected chi connectivity index (χ4v) is 6.03. The Balaban J connectivity index is 1.52. The molecule has 0 fully saturated rings. The minimum absolute atomic E-state index is 1.07. The summed E-state index contributed by atoms with van der Waals surface area (Å²) in [6, 6.07) is 53.8. The van der Waals surface area contributed by atoms with E-state index in [9.17, 15) is 0 Å². The summed E-state index contributed by atoms with van der Waals surface area (Å²) < 4.78 is 3.45. The van der Waals surface area contributed by atoms with E-state index in [1.54, 1.807) is 0 Å². The lowest BCUT2D eigenvalue weighted by atomic mass is 10.0. The van der Waals surface area contributed by atoms with Gasteiger partial charge in [0.25, 0.3) is 0 Å². The summed E-state index contributed by atoms with van der Waals surface area (Å²) in [7, 11) is 0. The van der Waals surface area contributed by atoms with E-state index in [4.69, 9.17) is 0 Å². The van der Waals surface area contributed by atoms with E-state index in [2.05, 4.69) is 177 Å². The van der Waals surface area contributed by atoms with Crippen LogP contribution in [0.25, 0.3) is 38.6 Å². The van der Waals surface area contributed by atoms with Gasteiger partial charge >= 0.3 is 0 Å². The summed E-state index contributed by atoms with van der Waals surface area (Å²) in [5.41, 5.74) is 9.20. The van der Waals surface area contributed by atoms with E-state index in [0.717, 1.165) is 38.3 Å². The van der Waals surface area contributed by atoms with Gasteiger partial charge in [0.05, 0.1) is 16.7 Å². The fourth-order valence-electron chi connectivity index (χ4n) is 5.53. The predicted molar refractivity (Wildman–Crippen MR) is 169 cm³/mol. The van der Waals surface area contributed by atoms with Gasteiger partial charge in [0, 0.05) is 37.9 Å². The molecule has 3 heteroatoms. The van der Waals surface area contributed by atoms with Crippen molar-refractivity contribution in [2.24, 2.45) is 0 Å². The zero-order valence-electron chi connectivity index (χ0n) is 21.2. The number of hydrogen-bond acceptors (Lipinski definition) is 1. The Kier molecular flexibility index (Phi) is 5.99. The molecule has 0 bridgehead atoms. The Labute approximate surface area is 236 Å². The van der Waals surface area contributed by atoms with E-state index >= 15 is 0 Å². The van der Waals surface area contributed by atoms with Crippen LogP contribution in [0.2, 0.25) is 0 Å². The summed E-state index contributed by atoms with van der Waals surface area (Å²) in [5, 5.41) is 2.49. The Bertz CT molecular complexity index is 1920. The molecule has 7 rings (SSSR count). The Morgan fingerprint density at radius 3 is 1.87 bits per heavy atom. The first-order chi connectivity index (χ1) is 19.3. The summed E-state index contributed by atoms with van der Waals surface area (Å²) >= 11 is 3.79. The molecule has 186 valence electrons. The third-order valence-electron chi connectivity index (χ3n) is 7.25. The van der Waals surface area contributed by atoms with E-state index in [1.807, 2.05) is 0 Å². The molecule has 0 atom stereocenters. The molecule has 1 aromatic heterocycles. The first-order valence-corrected chi connectivity index (χ1v) is 13.9. The molecule has 0 saturated carbocycles. The first kappa shape index (κ1) is 23.5. The van der Waals surface area contributed by atoms with Gasteiger partial charge in [0.15, 0.2) is 0 Å². The molecule has 0 aliphatic heterocycles. The fraction of sp³-hybridized carbons (Fsp3) is 0. The lowest BCUT2D eigenvalue weighted by molar-refractivity contribution is 1.18. The number of hydrogen-bond donors (Lipinski definition) is 0. The van der Waals surface area contributed by atoms with E-state index in [0.29, 0.717) is 0 Å². The number of fused-ring (bicyclic) bond motifs is 3. The van der Waals surface area contributed by atoms with Crippen LogP contribution in [0.4, 0.5) is 17.1 Å². The van der Waals surface area contributed by atoms with Crippen LogP contribution in [0, 0.1) is 0 Å². The second-order valence-corrected chi connectivity index (χ2v) is 10.4. The average Bonchev–Trinajstić information content (AvgIpc) is 3.33. The van der Waals surface area contributed by atoms with Crippen molar-refractivity contribution in [2.75, 3.05) is 4.90 Å². The molecular formula is C36H25BrN2. The second-order valence-electron chi connectivity index (χ2n) is 9.56. The van der Waals surface area contributed by atoms with E-state index < -0.39 is 0 Å². The van der Waals surface area contributed by atoms with Gasteiger partial charge in [0.2, 0.25) is 0 Å². The van der Waals surface area contributed by atoms with Gasteiger partial charge in [-0.2, -0.15) is 0 Å². The first-order valence-electron chi connectivity index (χ1n) is 13.1. The molecule has 0 unspecified atom stereocenters. The molecule has 0 spiro atoms. The highest BCUT2D eigenvalue weighted by atomic mass is 79.9. The number of anilines is 3. The van der Waals surface area contributed by atoms with E-state index in [-0.39, 0.29) is 0 Å². The number of aromatic nitrogens is 1. The minimum Gasteiger partial charge on any atom is -0.310 e. The largest absolute Gasteiger partial charge is 0.310 e. The summed E-state index contributed by atoms with van der Waals surface area (Å²) in [6.07, 6.45) is 0. The lowest BCUT2D eigenvalue weighted by Gasteiger charge is -2.28. The lowest BCUT2D eigenvalue weighted by Crippen LogP contribution is -2.11. The SMILES string of the molecule is Brc1ccccc1-c1ccccc1N(c1ccccc1)c1ccc2c3ccccc3n(-c3ccccc3)c2c1. The molecule has 0 amide bonds. The van der Waals surface area contributed by atoms with Crippen molar-refractivity contribution in [1.29, 1.82) is 0 Å². The van der Waals surface area contributed by atoms with Crippen LogP contribution in [0.5, 0.6) is 0 Å². The average molecular weight is 566 g/mol. The number of para-hydroxylation sites is 4. The molecule has 7 aromatic rings. The monoisotopic (exact) mass is 564 g/mol. The van der Waals surface area contributed by atoms with Crippen molar-refractivity contribution < 1.29 is 0 Å². The molecular weight excluding hydrogens is 540 g/mol. The van der Waals surface area contributed by atoms with Crippen LogP contribution in [0.3, 0.4) is 0 Å². The third kappa shape index (κ3) is 4.12. The van der Waals surface area contributed by atoms with Gasteiger partial charge in [-0.15, -0.1) is 0 Å². The van der Waals surface area contributed by atoms with Crippen LogP contribution in [-0.4, -0.2) is 4.57 Å². The molecule has 0 saturated heterocycles. The summed E-state index contributed by atoms with van der Waals surface area (Å²) in [4.78, 5) is 2.36. The van der Waals surface area contributed by atoms with Crippen molar-refractivity contribution in [1.82, 2.24) is 4.57 Å². The number of benzene rings is 6. The zero-order chi connectivity index (χ0) is 26.2. The molecule has 0 aliphatic rings. The molecule has 39 heavy (non-hydrogen) atoms. The van der Waals surface area contributed by atoms with Crippen LogP contribution in [0.15, 0.2) is 156 Å². The van der Waals surface area contributed by atoms with Gasteiger partial charge in [-0.1, -0.05) is 113 Å². The van der Waals surface area contributed by atoms with Crippen molar-refractivity contribution in [3.05, 3.63) is 156 Å². The number of rotatable bonds is 5. The van der Waals surface area contributed by atoms with Crippen LogP contribution in [-0.2, 0) is 0 Å². The highest BCUT2D eigenvalue weighted by Crippen LogP contribution is 2.44. The van der Waals surface area contributed by atoms with Gasteiger partial charge in [-0.25, -0.2) is 0 Å². The van der Waals surface area contributed by atoms with Crippen LogP contribution < -0.4 is 4.90 Å². The minimum atomic E-state index is 1.07. The number of nitrogens with zero attached hydrogens (tertiary/aromatic N) is 2. The predicted octanol–water partition coefficient (Wildman–Crippen LogP) is 10.7. The molecule has 0 aliphatic carbocycles. The van der Waals surface area contributed by atoms with Crippen molar-refractivity contribution >= 4 is 54.8 Å². The van der Waals surface area contributed by atoms with Gasteiger partial charge in [0.1, 0.15) is 0 Å². The van der Waals surface area contributed by atoms with Gasteiger partial charge in [-0.3, -0.25) is 0 Å². The molecule has 6 aromatic carbocycles. The molecule has 0 radical (unpaired) electrons. The second kappa shape index (κ2) is 9.94.